The van der Waals surface area contributed by atoms with Crippen molar-refractivity contribution < 1.29 is 8.42 Å². The van der Waals surface area contributed by atoms with Gasteiger partial charge in [-0.05, 0) is 56.4 Å². The number of nitrogens with one attached hydrogen (secondary N) is 2. The highest BCUT2D eigenvalue weighted by Gasteiger charge is 2.76. The zero-order valence-corrected chi connectivity index (χ0v) is 22.5. The van der Waals surface area contributed by atoms with Gasteiger partial charge in [0, 0.05) is 42.2 Å². The van der Waals surface area contributed by atoms with Gasteiger partial charge >= 0.3 is 0 Å². The van der Waals surface area contributed by atoms with Crippen LogP contribution in [0.4, 0.5) is 5.82 Å². The molecule has 1 unspecified atom stereocenters. The Morgan fingerprint density at radius 3 is 2.69 bits per heavy atom. The SMILES string of the molecule is Cc1c(-c2[nH]c3ccc(N[C@@]45CN(CCS(C)(=O)=O)C4(C)C5)nc3c2C(C)C)cn2ncnc2c1C. The van der Waals surface area contributed by atoms with Crippen molar-refractivity contribution in [1.82, 2.24) is 29.5 Å². The minimum absolute atomic E-state index is 0.0135. The third-order valence-corrected chi connectivity index (χ3v) is 9.39. The number of aryl methyl sites for hydroxylation is 1. The molecule has 190 valence electrons. The molecule has 1 aliphatic carbocycles. The summed E-state index contributed by atoms with van der Waals surface area (Å²) in [6, 6.07) is 4.14. The van der Waals surface area contributed by atoms with Gasteiger partial charge in [0.05, 0.1) is 28.0 Å². The highest BCUT2D eigenvalue weighted by molar-refractivity contribution is 7.90. The zero-order chi connectivity index (χ0) is 25.6. The highest BCUT2D eigenvalue weighted by atomic mass is 32.2. The summed E-state index contributed by atoms with van der Waals surface area (Å²) in [4.78, 5) is 15.4. The van der Waals surface area contributed by atoms with Crippen LogP contribution in [0, 0.1) is 13.8 Å². The van der Waals surface area contributed by atoms with E-state index in [0.717, 1.165) is 52.3 Å². The number of rotatable bonds is 7. The van der Waals surface area contributed by atoms with E-state index in [1.807, 2.05) is 10.6 Å². The van der Waals surface area contributed by atoms with Crippen LogP contribution in [0.1, 0.15) is 49.8 Å². The average molecular weight is 508 g/mol. The Balaban J connectivity index is 1.34. The van der Waals surface area contributed by atoms with Gasteiger partial charge in [0.25, 0.3) is 0 Å². The number of anilines is 1. The van der Waals surface area contributed by atoms with E-state index < -0.39 is 9.84 Å². The molecule has 2 atom stereocenters. The van der Waals surface area contributed by atoms with Gasteiger partial charge in [-0.25, -0.2) is 22.9 Å². The molecular weight excluding hydrogens is 474 g/mol. The number of hydrogen-bond acceptors (Lipinski definition) is 7. The van der Waals surface area contributed by atoms with Gasteiger partial charge in [-0.3, -0.25) is 4.90 Å². The van der Waals surface area contributed by atoms with Gasteiger partial charge < -0.3 is 10.3 Å². The number of pyridine rings is 2. The van der Waals surface area contributed by atoms with E-state index in [-0.39, 0.29) is 22.7 Å². The summed E-state index contributed by atoms with van der Waals surface area (Å²) in [7, 11) is -2.97. The number of fused-ring (bicyclic) bond motifs is 3. The molecule has 1 saturated carbocycles. The molecule has 4 aromatic heterocycles. The molecule has 0 spiro atoms. The average Bonchev–Trinajstić information content (AvgIpc) is 3.21. The van der Waals surface area contributed by atoms with Crippen LogP contribution in [0.15, 0.2) is 24.7 Å². The second kappa shape index (κ2) is 7.52. The van der Waals surface area contributed by atoms with Gasteiger partial charge in [-0.1, -0.05) is 13.8 Å². The van der Waals surface area contributed by atoms with Crippen molar-refractivity contribution in [2.24, 2.45) is 0 Å². The molecule has 6 rings (SSSR count). The van der Waals surface area contributed by atoms with Gasteiger partial charge in [0.1, 0.15) is 22.0 Å². The third kappa shape index (κ3) is 3.37. The van der Waals surface area contributed by atoms with Crippen LogP contribution in [-0.4, -0.2) is 74.1 Å². The van der Waals surface area contributed by atoms with Crippen molar-refractivity contribution >= 4 is 32.3 Å². The summed E-state index contributed by atoms with van der Waals surface area (Å²) in [5, 5.41) is 8.08. The fourth-order valence-electron chi connectivity index (χ4n) is 6.04. The predicted molar refractivity (Wildman–Crippen MR) is 142 cm³/mol. The summed E-state index contributed by atoms with van der Waals surface area (Å²) in [6.07, 6.45) is 5.94. The Morgan fingerprint density at radius 1 is 1.22 bits per heavy atom. The van der Waals surface area contributed by atoms with Crippen molar-refractivity contribution in [3.8, 4) is 11.3 Å². The molecule has 2 N–H and O–H groups in total. The molecule has 1 aliphatic heterocycles. The molecule has 2 aliphatic rings. The summed E-state index contributed by atoms with van der Waals surface area (Å²) in [5.41, 5.74) is 8.49. The third-order valence-electron chi connectivity index (χ3n) is 8.46. The van der Waals surface area contributed by atoms with Crippen LogP contribution in [0.2, 0.25) is 0 Å². The molecule has 9 nitrogen and oxygen atoms in total. The van der Waals surface area contributed by atoms with Crippen LogP contribution in [0.5, 0.6) is 0 Å². The number of aromatic nitrogens is 5. The van der Waals surface area contributed by atoms with E-state index in [1.165, 1.54) is 17.4 Å². The smallest absolute Gasteiger partial charge is 0.158 e. The monoisotopic (exact) mass is 507 g/mol. The number of aromatic amines is 1. The van der Waals surface area contributed by atoms with Gasteiger partial charge in [0.15, 0.2) is 5.65 Å². The van der Waals surface area contributed by atoms with Crippen LogP contribution in [-0.2, 0) is 9.84 Å². The van der Waals surface area contributed by atoms with E-state index in [1.54, 1.807) is 6.33 Å². The summed E-state index contributed by atoms with van der Waals surface area (Å²) >= 11 is 0. The van der Waals surface area contributed by atoms with E-state index >= 15 is 0 Å². The lowest BCUT2D eigenvalue weighted by Crippen LogP contribution is -2.62. The fraction of sp³-hybridized carbons (Fsp3) is 0.500. The first kappa shape index (κ1) is 23.4. The molecule has 0 bridgehead atoms. The van der Waals surface area contributed by atoms with E-state index in [0.29, 0.717) is 6.54 Å². The maximum atomic E-state index is 11.6. The van der Waals surface area contributed by atoms with Crippen molar-refractivity contribution in [2.75, 3.05) is 30.4 Å². The Kier molecular flexibility index (Phi) is 4.89. The predicted octanol–water partition coefficient (Wildman–Crippen LogP) is 3.69. The quantitative estimate of drug-likeness (QED) is 0.393. The van der Waals surface area contributed by atoms with Crippen molar-refractivity contribution in [1.29, 1.82) is 0 Å². The molecule has 0 aromatic carbocycles. The first-order chi connectivity index (χ1) is 16.9. The zero-order valence-electron chi connectivity index (χ0n) is 21.7. The van der Waals surface area contributed by atoms with Crippen LogP contribution in [0.3, 0.4) is 0 Å². The van der Waals surface area contributed by atoms with Crippen LogP contribution < -0.4 is 5.32 Å². The molecule has 4 aromatic rings. The molecular formula is C26H33N7O2S. The lowest BCUT2D eigenvalue weighted by Gasteiger charge is -2.46. The maximum Gasteiger partial charge on any atom is 0.158 e. The van der Waals surface area contributed by atoms with E-state index in [2.05, 4.69) is 72.2 Å². The lowest BCUT2D eigenvalue weighted by molar-refractivity contribution is 0.0904. The Labute approximate surface area is 211 Å². The number of nitrogens with zero attached hydrogens (tertiary/aromatic N) is 5. The van der Waals surface area contributed by atoms with E-state index in [4.69, 9.17) is 4.98 Å². The normalized spacial score (nSPS) is 23.9. The van der Waals surface area contributed by atoms with Crippen LogP contribution >= 0.6 is 0 Å². The first-order valence-electron chi connectivity index (χ1n) is 12.5. The standard InChI is InChI=1S/C26H33N7O2S/c1-15(2)21-22(18-11-33-24(27-14-28-33)17(4)16(18)3)29-19-7-8-20(30-23(19)21)31-26-12-25(26,5)32(13-26)9-10-36(6,34)35/h7-8,11,14-15,29H,9-10,12-13H2,1-6H3,(H,30,31)/t25?,26-/m0/s1. The molecule has 0 radical (unpaired) electrons. The number of hydrogen-bond donors (Lipinski definition) is 2. The summed E-state index contributed by atoms with van der Waals surface area (Å²) in [6.45, 7) is 12.3. The van der Waals surface area contributed by atoms with Crippen molar-refractivity contribution in [3.63, 3.8) is 0 Å². The first-order valence-corrected chi connectivity index (χ1v) is 14.5. The fourth-order valence-corrected chi connectivity index (χ4v) is 6.59. The highest BCUT2D eigenvalue weighted by Crippen LogP contribution is 2.62. The molecule has 2 fully saturated rings. The summed E-state index contributed by atoms with van der Waals surface area (Å²) in [5.74, 6) is 1.33. The second-order valence-corrected chi connectivity index (χ2v) is 13.5. The molecule has 5 heterocycles. The van der Waals surface area contributed by atoms with Gasteiger partial charge in [-0.2, -0.15) is 5.10 Å². The Bertz CT molecular complexity index is 1640. The minimum Gasteiger partial charge on any atom is -0.361 e. The van der Waals surface area contributed by atoms with E-state index in [9.17, 15) is 8.42 Å². The largest absolute Gasteiger partial charge is 0.361 e. The maximum absolute atomic E-state index is 11.6. The molecule has 1 saturated heterocycles. The van der Waals surface area contributed by atoms with Crippen LogP contribution in [0.25, 0.3) is 27.9 Å². The minimum atomic E-state index is -2.97. The topological polar surface area (TPSA) is 108 Å². The Morgan fingerprint density at radius 2 is 2.00 bits per heavy atom. The molecule has 36 heavy (non-hydrogen) atoms. The molecule has 10 heteroatoms. The Hall–Kier alpha value is -2.98. The number of H-pyrrole nitrogens is 1. The number of sulfone groups is 1. The lowest BCUT2D eigenvalue weighted by atomic mass is 9.95. The number of likely N-dealkylation sites (tertiary alicyclic amines) is 1. The molecule has 0 amide bonds. The van der Waals surface area contributed by atoms with Gasteiger partial charge in [0.2, 0.25) is 0 Å². The summed E-state index contributed by atoms with van der Waals surface area (Å²) < 4.78 is 25.1. The van der Waals surface area contributed by atoms with Crippen molar-refractivity contribution in [3.05, 3.63) is 41.3 Å². The second-order valence-electron chi connectivity index (χ2n) is 11.2. The van der Waals surface area contributed by atoms with Crippen molar-refractivity contribution in [2.45, 2.75) is 58.0 Å². The van der Waals surface area contributed by atoms with Gasteiger partial charge in [-0.15, -0.1) is 0 Å².